The molecule has 0 unspecified atom stereocenters. The van der Waals surface area contributed by atoms with Gasteiger partial charge in [0.1, 0.15) is 11.6 Å². The van der Waals surface area contributed by atoms with Crippen molar-refractivity contribution in [1.29, 1.82) is 0 Å². The molecule has 0 spiro atoms. The number of hydrogen-bond donors (Lipinski definition) is 0. The van der Waals surface area contributed by atoms with Gasteiger partial charge in [0.25, 0.3) is 0 Å². The molecule has 0 aliphatic carbocycles. The summed E-state index contributed by atoms with van der Waals surface area (Å²) in [7, 11) is 0. The Labute approximate surface area is 145 Å². The first-order chi connectivity index (χ1) is 12.5. The summed E-state index contributed by atoms with van der Waals surface area (Å²) in [5.74, 6) is -2.40. The van der Waals surface area contributed by atoms with Crippen LogP contribution >= 0.6 is 0 Å². The van der Waals surface area contributed by atoms with Gasteiger partial charge < -0.3 is 0 Å². The second-order valence-electron chi connectivity index (χ2n) is 4.95. The highest BCUT2D eigenvalue weighted by molar-refractivity contribution is 5.95. The summed E-state index contributed by atoms with van der Waals surface area (Å²) in [5.41, 5.74) is -6.93. The van der Waals surface area contributed by atoms with E-state index in [-0.39, 0.29) is 23.4 Å². The Morgan fingerprint density at radius 3 is 1.89 bits per heavy atom. The van der Waals surface area contributed by atoms with Gasteiger partial charge in [0.15, 0.2) is 0 Å². The Bertz CT molecular complexity index is 912. The van der Waals surface area contributed by atoms with Crippen LogP contribution in [-0.2, 0) is 11.0 Å². The first-order valence-corrected chi connectivity index (χ1v) is 6.71. The minimum atomic E-state index is -5.18. The van der Waals surface area contributed by atoms with Crippen molar-refractivity contribution in [2.24, 2.45) is 0 Å². The summed E-state index contributed by atoms with van der Waals surface area (Å²) >= 11 is 0. The number of benzene rings is 2. The summed E-state index contributed by atoms with van der Waals surface area (Å²) in [6.45, 7) is 0. The van der Waals surface area contributed by atoms with E-state index in [1.807, 2.05) is 0 Å². The van der Waals surface area contributed by atoms with Crippen molar-refractivity contribution in [2.75, 3.05) is 4.90 Å². The number of anilines is 2. The predicted octanol–water partition coefficient (Wildman–Crippen LogP) is 4.09. The van der Waals surface area contributed by atoms with E-state index < -0.39 is 56.0 Å². The van der Waals surface area contributed by atoms with Gasteiger partial charge in [0, 0.05) is 18.2 Å². The fraction of sp³-hybridized carbons (Fsp3) is 0.0714. The zero-order valence-corrected chi connectivity index (χ0v) is 12.7. The summed E-state index contributed by atoms with van der Waals surface area (Å²) in [6.07, 6.45) is -5.50. The van der Waals surface area contributed by atoms with Crippen molar-refractivity contribution >= 4 is 29.2 Å². The Kier molecular flexibility index (Phi) is 5.05. The molecule has 0 aromatic heterocycles. The molecule has 2 aromatic rings. The van der Waals surface area contributed by atoms with E-state index >= 15 is 0 Å². The maximum absolute atomic E-state index is 13.9. The van der Waals surface area contributed by atoms with Crippen molar-refractivity contribution in [3.63, 3.8) is 0 Å². The molecule has 0 aliphatic heterocycles. The fourth-order valence-corrected chi connectivity index (χ4v) is 2.19. The highest BCUT2D eigenvalue weighted by Crippen LogP contribution is 2.45. The third-order valence-corrected chi connectivity index (χ3v) is 3.30. The number of alkyl halides is 3. The van der Waals surface area contributed by atoms with Crippen LogP contribution in [0.3, 0.4) is 0 Å². The third kappa shape index (κ3) is 3.80. The van der Waals surface area contributed by atoms with E-state index in [9.17, 15) is 47.0 Å². The fourth-order valence-electron chi connectivity index (χ4n) is 2.19. The lowest BCUT2D eigenvalue weighted by atomic mass is 10.1. The lowest BCUT2D eigenvalue weighted by Crippen LogP contribution is -2.20. The van der Waals surface area contributed by atoms with Crippen molar-refractivity contribution in [3.8, 4) is 0 Å². The highest BCUT2D eigenvalue weighted by atomic mass is 19.4. The standard InChI is InChI=1S/C14H6F5N3O5/c15-8-1-2-9(16)10(5-8)20(6-23)13-11(21(24)25)3-7(14(17,18)19)4-12(13)22(26)27/h1-6H. The summed E-state index contributed by atoms with van der Waals surface area (Å²) < 4.78 is 66.0. The molecule has 0 heterocycles. The molecule has 13 heteroatoms. The smallest absolute Gasteiger partial charge is 0.278 e. The molecular formula is C14H6F5N3O5. The normalized spacial score (nSPS) is 11.1. The van der Waals surface area contributed by atoms with Crippen molar-refractivity contribution in [2.45, 2.75) is 6.18 Å². The summed E-state index contributed by atoms with van der Waals surface area (Å²) in [6, 6.07) is 1.47. The molecule has 0 atom stereocenters. The monoisotopic (exact) mass is 391 g/mol. The van der Waals surface area contributed by atoms with Gasteiger partial charge in [-0.2, -0.15) is 13.2 Å². The minimum Gasteiger partial charge on any atom is -0.278 e. The van der Waals surface area contributed by atoms with Gasteiger partial charge in [-0.25, -0.2) is 8.78 Å². The van der Waals surface area contributed by atoms with E-state index in [1.165, 1.54) is 0 Å². The first kappa shape index (κ1) is 19.7. The van der Waals surface area contributed by atoms with Gasteiger partial charge in [-0.1, -0.05) is 0 Å². The number of nitrogens with zero attached hydrogens (tertiary/aromatic N) is 3. The van der Waals surface area contributed by atoms with Crippen molar-refractivity contribution < 1.29 is 36.6 Å². The second-order valence-corrected chi connectivity index (χ2v) is 4.95. The molecular weight excluding hydrogens is 385 g/mol. The molecule has 0 saturated heterocycles. The summed E-state index contributed by atoms with van der Waals surface area (Å²) in [4.78, 5) is 30.9. The van der Waals surface area contributed by atoms with Crippen LogP contribution in [0.1, 0.15) is 5.56 Å². The van der Waals surface area contributed by atoms with E-state index in [4.69, 9.17) is 0 Å². The lowest BCUT2D eigenvalue weighted by molar-refractivity contribution is -0.392. The van der Waals surface area contributed by atoms with Crippen molar-refractivity contribution in [3.05, 3.63) is 67.8 Å². The number of halogens is 5. The molecule has 2 aromatic carbocycles. The van der Waals surface area contributed by atoms with Crippen LogP contribution in [0, 0.1) is 31.9 Å². The molecule has 8 nitrogen and oxygen atoms in total. The predicted molar refractivity (Wildman–Crippen MR) is 79.3 cm³/mol. The quantitative estimate of drug-likeness (QED) is 0.330. The van der Waals surface area contributed by atoms with Crippen molar-refractivity contribution in [1.82, 2.24) is 0 Å². The Morgan fingerprint density at radius 1 is 0.963 bits per heavy atom. The molecule has 27 heavy (non-hydrogen) atoms. The van der Waals surface area contributed by atoms with Gasteiger partial charge >= 0.3 is 17.6 Å². The lowest BCUT2D eigenvalue weighted by Gasteiger charge is -2.19. The zero-order valence-electron chi connectivity index (χ0n) is 12.7. The molecule has 0 bridgehead atoms. The molecule has 0 radical (unpaired) electrons. The molecule has 1 amide bonds. The number of amides is 1. The molecule has 142 valence electrons. The van der Waals surface area contributed by atoms with E-state index in [2.05, 4.69) is 0 Å². The van der Waals surface area contributed by atoms with Crippen LogP contribution in [-0.4, -0.2) is 16.3 Å². The van der Waals surface area contributed by atoms with Gasteiger partial charge in [-0.15, -0.1) is 0 Å². The minimum absolute atomic E-state index is 0.00512. The van der Waals surface area contributed by atoms with Crippen LogP contribution in [0.4, 0.5) is 44.7 Å². The first-order valence-electron chi connectivity index (χ1n) is 6.71. The largest absolute Gasteiger partial charge is 0.416 e. The molecule has 0 saturated carbocycles. The van der Waals surface area contributed by atoms with Gasteiger partial charge in [0.2, 0.25) is 12.1 Å². The zero-order chi connectivity index (χ0) is 20.5. The molecule has 0 N–H and O–H groups in total. The second kappa shape index (κ2) is 6.93. The van der Waals surface area contributed by atoms with Gasteiger partial charge in [-0.3, -0.25) is 29.9 Å². The van der Waals surface area contributed by atoms with E-state index in [0.717, 1.165) is 0 Å². The van der Waals surface area contributed by atoms with E-state index in [0.29, 0.717) is 18.2 Å². The van der Waals surface area contributed by atoms with Crippen LogP contribution in [0.5, 0.6) is 0 Å². The number of carbonyl (C=O) groups is 1. The van der Waals surface area contributed by atoms with Crippen LogP contribution < -0.4 is 4.90 Å². The SMILES string of the molecule is O=CN(c1cc(F)ccc1F)c1c([N+](=O)[O-])cc(C(F)(F)F)cc1[N+](=O)[O-]. The number of nitro benzene ring substituents is 2. The Hall–Kier alpha value is -3.64. The number of rotatable bonds is 5. The maximum atomic E-state index is 13.9. The molecule has 2 rings (SSSR count). The number of nitro groups is 2. The molecule has 0 fully saturated rings. The Morgan fingerprint density at radius 2 is 1.48 bits per heavy atom. The number of carbonyl (C=O) groups excluding carboxylic acids is 1. The highest BCUT2D eigenvalue weighted by Gasteiger charge is 2.40. The van der Waals surface area contributed by atoms with Gasteiger partial charge in [-0.05, 0) is 12.1 Å². The average molecular weight is 391 g/mol. The third-order valence-electron chi connectivity index (χ3n) is 3.30. The van der Waals surface area contributed by atoms with Gasteiger partial charge in [0.05, 0.1) is 21.1 Å². The summed E-state index contributed by atoms with van der Waals surface area (Å²) in [5, 5.41) is 22.4. The maximum Gasteiger partial charge on any atom is 0.416 e. The number of hydrogen-bond acceptors (Lipinski definition) is 5. The average Bonchev–Trinajstić information content (AvgIpc) is 2.57. The van der Waals surface area contributed by atoms with Crippen LogP contribution in [0.15, 0.2) is 30.3 Å². The van der Waals surface area contributed by atoms with E-state index in [1.54, 1.807) is 0 Å². The topological polar surface area (TPSA) is 107 Å². The van der Waals surface area contributed by atoms with Crippen LogP contribution in [0.25, 0.3) is 0 Å². The Balaban J connectivity index is 2.91. The van der Waals surface area contributed by atoms with Crippen LogP contribution in [0.2, 0.25) is 0 Å². The molecule has 0 aliphatic rings.